The highest BCUT2D eigenvalue weighted by atomic mass is 16.7. The second-order valence-electron chi connectivity index (χ2n) is 9.60. The minimum atomic E-state index is -0.376. The first-order chi connectivity index (χ1) is 17.3. The molecule has 4 heteroatoms. The zero-order valence-electron chi connectivity index (χ0n) is 22.0. The number of benzene rings is 1. The van der Waals surface area contributed by atoms with Crippen LogP contribution in [0.2, 0.25) is 0 Å². The monoisotopic (exact) mass is 479 g/mol. The highest BCUT2D eigenvalue weighted by molar-refractivity contribution is 5.59. The van der Waals surface area contributed by atoms with Gasteiger partial charge in [-0.25, -0.2) is 0 Å². The van der Waals surface area contributed by atoms with E-state index < -0.39 is 0 Å². The molecule has 4 nitrogen and oxygen atoms in total. The van der Waals surface area contributed by atoms with E-state index in [1.165, 1.54) is 63.4 Å². The Hall–Kier alpha value is -2.33. The number of ether oxygens (including phenoxy) is 3. The van der Waals surface area contributed by atoms with Crippen LogP contribution in [0, 0.1) is 0 Å². The van der Waals surface area contributed by atoms with Gasteiger partial charge in [-0.15, -0.1) is 0 Å². The van der Waals surface area contributed by atoms with Crippen LogP contribution in [0.3, 0.4) is 0 Å². The minimum Gasteiger partial charge on any atom is -0.454 e. The molecule has 0 amide bonds. The highest BCUT2D eigenvalue weighted by Gasteiger charge is 2.24. The molecule has 1 aliphatic heterocycles. The molecule has 1 aromatic carbocycles. The fraction of sp³-hybridized carbons (Fsp3) is 0.581. The minimum absolute atomic E-state index is 0.376. The molecule has 1 unspecified atom stereocenters. The van der Waals surface area contributed by atoms with Gasteiger partial charge in [-0.3, -0.25) is 4.98 Å². The standard InChI is InChI=1S/C31H45NO3/c1-3-5-7-9-10-16-26-17-11-12-19-29(26)31-34-25-30(35-31)27-20-21-28(32-24-27)18-13-15-23-33-22-14-8-6-4-2/h11-12,17,19-21,24-25,31H,3-10,13-16,18,22-23H2,1-2H3. The topological polar surface area (TPSA) is 40.6 Å². The average Bonchev–Trinajstić information content (AvgIpc) is 3.38. The van der Waals surface area contributed by atoms with Crippen molar-refractivity contribution < 1.29 is 14.2 Å². The third-order valence-electron chi connectivity index (χ3n) is 6.61. The number of hydrogen-bond acceptors (Lipinski definition) is 4. The predicted molar refractivity (Wildman–Crippen MR) is 144 cm³/mol. The van der Waals surface area contributed by atoms with Crippen LogP contribution in [0.25, 0.3) is 5.76 Å². The summed E-state index contributed by atoms with van der Waals surface area (Å²) >= 11 is 0. The molecule has 0 saturated heterocycles. The first-order valence-corrected chi connectivity index (χ1v) is 13.9. The van der Waals surface area contributed by atoms with E-state index in [4.69, 9.17) is 14.2 Å². The number of rotatable bonds is 18. The lowest BCUT2D eigenvalue weighted by molar-refractivity contribution is -0.0177. The second-order valence-corrected chi connectivity index (χ2v) is 9.60. The van der Waals surface area contributed by atoms with Gasteiger partial charge in [-0.2, -0.15) is 0 Å². The molecule has 0 bridgehead atoms. The quantitative estimate of drug-likeness (QED) is 0.201. The maximum Gasteiger partial charge on any atom is 0.267 e. The molecule has 0 fully saturated rings. The number of nitrogens with zero attached hydrogens (tertiary/aromatic N) is 1. The molecule has 0 N–H and O–H groups in total. The lowest BCUT2D eigenvalue weighted by Gasteiger charge is -2.16. The van der Waals surface area contributed by atoms with E-state index in [0.29, 0.717) is 0 Å². The Morgan fingerprint density at radius 2 is 1.49 bits per heavy atom. The first kappa shape index (κ1) is 27.3. The molecule has 192 valence electrons. The molecule has 1 atom stereocenters. The summed E-state index contributed by atoms with van der Waals surface area (Å²) in [4.78, 5) is 4.65. The molecular formula is C31H45NO3. The summed E-state index contributed by atoms with van der Waals surface area (Å²) in [5.74, 6) is 0.753. The SMILES string of the molecule is CCCCCCCc1ccccc1C1OC=C(c2ccc(CCCCOCCCCCC)nc2)O1. The Morgan fingerprint density at radius 1 is 0.771 bits per heavy atom. The molecule has 0 saturated carbocycles. The molecule has 1 aliphatic rings. The van der Waals surface area contributed by atoms with Crippen LogP contribution >= 0.6 is 0 Å². The third-order valence-corrected chi connectivity index (χ3v) is 6.61. The number of aryl methyl sites for hydroxylation is 2. The van der Waals surface area contributed by atoms with Gasteiger partial charge in [0.15, 0.2) is 5.76 Å². The van der Waals surface area contributed by atoms with Gasteiger partial charge in [0.2, 0.25) is 0 Å². The maximum atomic E-state index is 6.20. The molecule has 2 heterocycles. The normalized spacial score (nSPS) is 15.0. The third kappa shape index (κ3) is 9.68. The van der Waals surface area contributed by atoms with Gasteiger partial charge < -0.3 is 14.2 Å². The van der Waals surface area contributed by atoms with Crippen molar-refractivity contribution >= 4 is 5.76 Å². The number of pyridine rings is 1. The van der Waals surface area contributed by atoms with Crippen molar-refractivity contribution in [2.45, 2.75) is 104 Å². The van der Waals surface area contributed by atoms with Crippen LogP contribution < -0.4 is 0 Å². The molecule has 1 aromatic heterocycles. The molecule has 35 heavy (non-hydrogen) atoms. The van der Waals surface area contributed by atoms with Crippen LogP contribution in [0.1, 0.15) is 113 Å². The molecule has 3 rings (SSSR count). The predicted octanol–water partition coefficient (Wildman–Crippen LogP) is 8.56. The Labute approximate surface area is 213 Å². The average molecular weight is 480 g/mol. The van der Waals surface area contributed by atoms with Crippen LogP contribution in [-0.2, 0) is 27.1 Å². The Kier molecular flexibility index (Phi) is 12.7. The summed E-state index contributed by atoms with van der Waals surface area (Å²) in [6.07, 6.45) is 18.9. The smallest absolute Gasteiger partial charge is 0.267 e. The van der Waals surface area contributed by atoms with Crippen molar-refractivity contribution in [3.05, 3.63) is 71.2 Å². The van der Waals surface area contributed by atoms with E-state index in [-0.39, 0.29) is 6.29 Å². The highest BCUT2D eigenvalue weighted by Crippen LogP contribution is 2.35. The molecular weight excluding hydrogens is 434 g/mol. The van der Waals surface area contributed by atoms with Crippen molar-refractivity contribution in [1.82, 2.24) is 4.98 Å². The van der Waals surface area contributed by atoms with Crippen LogP contribution in [0.5, 0.6) is 0 Å². The first-order valence-electron chi connectivity index (χ1n) is 13.9. The lowest BCUT2D eigenvalue weighted by Crippen LogP contribution is -2.04. The van der Waals surface area contributed by atoms with Crippen molar-refractivity contribution in [1.29, 1.82) is 0 Å². The zero-order valence-corrected chi connectivity index (χ0v) is 22.0. The summed E-state index contributed by atoms with van der Waals surface area (Å²) in [7, 11) is 0. The Bertz CT molecular complexity index is 862. The summed E-state index contributed by atoms with van der Waals surface area (Å²) in [5, 5.41) is 0. The molecule has 0 aliphatic carbocycles. The largest absolute Gasteiger partial charge is 0.454 e. The fourth-order valence-corrected chi connectivity index (χ4v) is 4.44. The van der Waals surface area contributed by atoms with Crippen LogP contribution in [0.4, 0.5) is 0 Å². The van der Waals surface area contributed by atoms with E-state index in [2.05, 4.69) is 55.2 Å². The van der Waals surface area contributed by atoms with E-state index in [1.54, 1.807) is 6.26 Å². The van der Waals surface area contributed by atoms with Gasteiger partial charge in [0.05, 0.1) is 0 Å². The number of hydrogen-bond donors (Lipinski definition) is 0. The van der Waals surface area contributed by atoms with Crippen LogP contribution in [0.15, 0.2) is 48.9 Å². The Balaban J connectivity index is 1.39. The Morgan fingerprint density at radius 3 is 2.26 bits per heavy atom. The van der Waals surface area contributed by atoms with Crippen molar-refractivity contribution in [3.8, 4) is 0 Å². The maximum absolute atomic E-state index is 6.20. The van der Waals surface area contributed by atoms with Gasteiger partial charge >= 0.3 is 0 Å². The van der Waals surface area contributed by atoms with E-state index in [0.717, 1.165) is 61.5 Å². The summed E-state index contributed by atoms with van der Waals surface area (Å²) in [6, 6.07) is 12.7. The molecule has 2 aromatic rings. The van der Waals surface area contributed by atoms with Crippen molar-refractivity contribution in [3.63, 3.8) is 0 Å². The molecule has 0 radical (unpaired) electrons. The second kappa shape index (κ2) is 16.4. The number of unbranched alkanes of at least 4 members (excludes halogenated alkanes) is 8. The summed E-state index contributed by atoms with van der Waals surface area (Å²) in [6.45, 7) is 6.24. The van der Waals surface area contributed by atoms with Crippen molar-refractivity contribution in [2.75, 3.05) is 13.2 Å². The van der Waals surface area contributed by atoms with Gasteiger partial charge in [0, 0.05) is 36.2 Å². The van der Waals surface area contributed by atoms with E-state index in [9.17, 15) is 0 Å². The number of aromatic nitrogens is 1. The van der Waals surface area contributed by atoms with Crippen molar-refractivity contribution in [2.24, 2.45) is 0 Å². The van der Waals surface area contributed by atoms with Crippen LogP contribution in [-0.4, -0.2) is 18.2 Å². The summed E-state index contributed by atoms with van der Waals surface area (Å²) < 4.78 is 17.9. The lowest BCUT2D eigenvalue weighted by atomic mass is 10.0. The fourth-order valence-electron chi connectivity index (χ4n) is 4.44. The van der Waals surface area contributed by atoms with Gasteiger partial charge in [0.25, 0.3) is 6.29 Å². The summed E-state index contributed by atoms with van der Waals surface area (Å²) in [5.41, 5.74) is 4.53. The van der Waals surface area contributed by atoms with Gasteiger partial charge in [-0.05, 0) is 56.2 Å². The molecule has 0 spiro atoms. The zero-order chi connectivity index (χ0) is 24.6. The van der Waals surface area contributed by atoms with E-state index >= 15 is 0 Å². The van der Waals surface area contributed by atoms with Gasteiger partial charge in [0.1, 0.15) is 6.26 Å². The van der Waals surface area contributed by atoms with Gasteiger partial charge in [-0.1, -0.05) is 83.1 Å². The van der Waals surface area contributed by atoms with E-state index in [1.807, 2.05) is 6.20 Å².